The number of hydrogen-bond donors (Lipinski definition) is 1. The van der Waals surface area contributed by atoms with Gasteiger partial charge in [-0.3, -0.25) is 14.9 Å². The molecule has 0 spiro atoms. The van der Waals surface area contributed by atoms with E-state index < -0.39 is 27.9 Å². The highest BCUT2D eigenvalue weighted by Gasteiger charge is 2.45. The minimum Gasteiger partial charge on any atom is -0.343 e. The number of nitrogens with one attached hydrogen (secondary N) is 1. The van der Waals surface area contributed by atoms with Crippen LogP contribution in [-0.4, -0.2) is 10.8 Å². The molecule has 24 heavy (non-hydrogen) atoms. The molecule has 0 heterocycles. The van der Waals surface area contributed by atoms with E-state index in [0.29, 0.717) is 0 Å². The minimum atomic E-state index is -0.761. The fourth-order valence-corrected chi connectivity index (χ4v) is 2.92. The van der Waals surface area contributed by atoms with Gasteiger partial charge in [0.2, 0.25) is 0 Å². The molecule has 2 aromatic rings. The molecule has 1 amide bonds. The van der Waals surface area contributed by atoms with Gasteiger partial charge in [-0.2, -0.15) is 0 Å². The molecule has 0 saturated heterocycles. The SMILES string of the molecule is Cc1c(F)cc(C(=O)NC2(c3ccc(Br)cc3)CC2)cc1[N+](=O)[O-]. The van der Waals surface area contributed by atoms with E-state index in [0.717, 1.165) is 35.0 Å². The summed E-state index contributed by atoms with van der Waals surface area (Å²) in [5.41, 5.74) is -0.0398. The molecule has 124 valence electrons. The number of carbonyl (C=O) groups excluding carboxylic acids is 1. The van der Waals surface area contributed by atoms with Crippen molar-refractivity contribution in [2.75, 3.05) is 0 Å². The van der Waals surface area contributed by atoms with Gasteiger partial charge in [0, 0.05) is 16.1 Å². The van der Waals surface area contributed by atoms with E-state index in [-0.39, 0.29) is 11.1 Å². The van der Waals surface area contributed by atoms with Crippen molar-refractivity contribution in [2.45, 2.75) is 25.3 Å². The largest absolute Gasteiger partial charge is 0.343 e. The summed E-state index contributed by atoms with van der Waals surface area (Å²) in [4.78, 5) is 22.8. The van der Waals surface area contributed by atoms with Gasteiger partial charge in [-0.05, 0) is 43.5 Å². The number of benzene rings is 2. The summed E-state index contributed by atoms with van der Waals surface area (Å²) in [5, 5.41) is 13.9. The average molecular weight is 393 g/mol. The second-order valence-corrected chi connectivity index (χ2v) is 6.82. The monoisotopic (exact) mass is 392 g/mol. The number of nitro benzene ring substituents is 1. The van der Waals surface area contributed by atoms with Gasteiger partial charge >= 0.3 is 0 Å². The summed E-state index contributed by atoms with van der Waals surface area (Å²) in [6.07, 6.45) is 1.55. The van der Waals surface area contributed by atoms with Crippen LogP contribution in [0, 0.1) is 22.9 Å². The Kier molecular flexibility index (Phi) is 4.13. The molecule has 7 heteroatoms. The number of carbonyl (C=O) groups is 1. The Labute approximate surface area is 146 Å². The molecule has 1 aliphatic carbocycles. The van der Waals surface area contributed by atoms with Crippen LogP contribution in [0.3, 0.4) is 0 Å². The first-order valence-electron chi connectivity index (χ1n) is 7.35. The van der Waals surface area contributed by atoms with Crippen molar-refractivity contribution >= 4 is 27.5 Å². The maximum absolute atomic E-state index is 13.9. The smallest absolute Gasteiger partial charge is 0.276 e. The average Bonchev–Trinajstić information content (AvgIpc) is 3.30. The van der Waals surface area contributed by atoms with Gasteiger partial charge in [-0.25, -0.2) is 4.39 Å². The lowest BCUT2D eigenvalue weighted by Crippen LogP contribution is -2.35. The molecule has 1 N–H and O–H groups in total. The Hall–Kier alpha value is -2.28. The molecule has 1 saturated carbocycles. The Balaban J connectivity index is 1.88. The minimum absolute atomic E-state index is 0.0480. The lowest BCUT2D eigenvalue weighted by molar-refractivity contribution is -0.385. The number of halogens is 2. The Morgan fingerprint density at radius 1 is 1.29 bits per heavy atom. The molecule has 0 bridgehead atoms. The highest BCUT2D eigenvalue weighted by atomic mass is 79.9. The normalized spacial score (nSPS) is 15.0. The highest BCUT2D eigenvalue weighted by Crippen LogP contribution is 2.46. The summed E-state index contributed by atoms with van der Waals surface area (Å²) < 4.78 is 14.8. The molecule has 3 rings (SSSR count). The van der Waals surface area contributed by atoms with Crippen molar-refractivity contribution in [1.82, 2.24) is 5.32 Å². The summed E-state index contributed by atoms with van der Waals surface area (Å²) in [7, 11) is 0. The van der Waals surface area contributed by atoms with Crippen LogP contribution in [0.2, 0.25) is 0 Å². The van der Waals surface area contributed by atoms with E-state index in [1.165, 1.54) is 6.92 Å². The second kappa shape index (κ2) is 5.98. The summed E-state index contributed by atoms with van der Waals surface area (Å²) >= 11 is 3.36. The van der Waals surface area contributed by atoms with E-state index in [1.54, 1.807) is 0 Å². The van der Waals surface area contributed by atoms with Crippen LogP contribution < -0.4 is 5.32 Å². The number of nitrogens with zero attached hydrogens (tertiary/aromatic N) is 1. The summed E-state index contributed by atoms with van der Waals surface area (Å²) in [6, 6.07) is 9.75. The Morgan fingerprint density at radius 3 is 2.46 bits per heavy atom. The molecule has 1 fully saturated rings. The van der Waals surface area contributed by atoms with Crippen molar-refractivity contribution in [3.8, 4) is 0 Å². The first-order chi connectivity index (χ1) is 11.3. The zero-order chi connectivity index (χ0) is 17.5. The van der Waals surface area contributed by atoms with Crippen LogP contribution in [0.4, 0.5) is 10.1 Å². The topological polar surface area (TPSA) is 72.2 Å². The van der Waals surface area contributed by atoms with E-state index in [2.05, 4.69) is 21.2 Å². The number of hydrogen-bond acceptors (Lipinski definition) is 3. The molecule has 0 unspecified atom stereocenters. The van der Waals surface area contributed by atoms with Crippen molar-refractivity contribution in [2.24, 2.45) is 0 Å². The lowest BCUT2D eigenvalue weighted by atomic mass is 10.0. The van der Waals surface area contributed by atoms with Crippen molar-refractivity contribution in [3.63, 3.8) is 0 Å². The zero-order valence-corrected chi connectivity index (χ0v) is 14.4. The third-order valence-corrected chi connectivity index (χ3v) is 4.80. The van der Waals surface area contributed by atoms with Gasteiger partial charge in [-0.1, -0.05) is 28.1 Å². The molecular formula is C17H14BrFN2O3. The van der Waals surface area contributed by atoms with Crippen molar-refractivity contribution in [1.29, 1.82) is 0 Å². The molecule has 0 atom stereocenters. The standard InChI is InChI=1S/C17H14BrFN2O3/c1-10-14(19)8-11(9-15(10)21(23)24)16(22)20-17(6-7-17)12-2-4-13(18)5-3-12/h2-5,8-9H,6-7H2,1H3,(H,20,22). The van der Waals surface area contributed by atoms with Crippen molar-refractivity contribution < 1.29 is 14.1 Å². The fourth-order valence-electron chi connectivity index (χ4n) is 2.65. The molecule has 1 aliphatic rings. The van der Waals surface area contributed by atoms with Gasteiger partial charge in [0.25, 0.3) is 11.6 Å². The number of amides is 1. The quantitative estimate of drug-likeness (QED) is 0.625. The first kappa shape index (κ1) is 16.6. The van der Waals surface area contributed by atoms with Crippen LogP contribution in [0.1, 0.15) is 34.3 Å². The van der Waals surface area contributed by atoms with E-state index in [4.69, 9.17) is 0 Å². The third-order valence-electron chi connectivity index (χ3n) is 4.28. The fraction of sp³-hybridized carbons (Fsp3) is 0.235. The van der Waals surface area contributed by atoms with Gasteiger partial charge in [-0.15, -0.1) is 0 Å². The Bertz CT molecular complexity index is 832. The Morgan fingerprint density at radius 2 is 1.92 bits per heavy atom. The predicted octanol–water partition coefficient (Wildman–Crippen LogP) is 4.22. The van der Waals surface area contributed by atoms with Gasteiger partial charge in [0.15, 0.2) is 0 Å². The van der Waals surface area contributed by atoms with Gasteiger partial charge in [0.05, 0.1) is 16.0 Å². The maximum Gasteiger partial charge on any atom is 0.276 e. The highest BCUT2D eigenvalue weighted by molar-refractivity contribution is 9.10. The van der Waals surface area contributed by atoms with E-state index in [9.17, 15) is 19.3 Å². The molecule has 2 aromatic carbocycles. The molecule has 0 radical (unpaired) electrons. The van der Waals surface area contributed by atoms with Gasteiger partial charge in [0.1, 0.15) is 5.82 Å². The van der Waals surface area contributed by atoms with E-state index in [1.807, 2.05) is 24.3 Å². The van der Waals surface area contributed by atoms with Crippen LogP contribution in [-0.2, 0) is 5.54 Å². The van der Waals surface area contributed by atoms with Gasteiger partial charge < -0.3 is 5.32 Å². The lowest BCUT2D eigenvalue weighted by Gasteiger charge is -2.18. The third kappa shape index (κ3) is 3.03. The van der Waals surface area contributed by atoms with Crippen LogP contribution in [0.15, 0.2) is 40.9 Å². The second-order valence-electron chi connectivity index (χ2n) is 5.90. The maximum atomic E-state index is 13.9. The van der Waals surface area contributed by atoms with Crippen LogP contribution >= 0.6 is 15.9 Å². The molecular weight excluding hydrogens is 379 g/mol. The first-order valence-corrected chi connectivity index (χ1v) is 8.15. The molecule has 5 nitrogen and oxygen atoms in total. The molecule has 0 aliphatic heterocycles. The van der Waals surface area contributed by atoms with E-state index >= 15 is 0 Å². The summed E-state index contributed by atoms with van der Waals surface area (Å²) in [5.74, 6) is -1.28. The number of rotatable bonds is 4. The zero-order valence-electron chi connectivity index (χ0n) is 12.8. The molecule has 0 aromatic heterocycles. The van der Waals surface area contributed by atoms with Crippen LogP contribution in [0.5, 0.6) is 0 Å². The van der Waals surface area contributed by atoms with Crippen LogP contribution in [0.25, 0.3) is 0 Å². The number of nitro groups is 1. The van der Waals surface area contributed by atoms with Crippen molar-refractivity contribution in [3.05, 3.63) is 73.5 Å². The summed E-state index contributed by atoms with van der Waals surface area (Å²) in [6.45, 7) is 1.32. The predicted molar refractivity (Wildman–Crippen MR) is 90.3 cm³/mol.